The quantitative estimate of drug-likeness (QED) is 0.794. The van der Waals surface area contributed by atoms with Crippen molar-refractivity contribution in [2.75, 3.05) is 7.11 Å². The number of aromatic carboxylic acids is 1. The minimum atomic E-state index is -0.975. The number of benzene rings is 2. The molecule has 1 N–H and O–H groups in total. The first-order valence-corrected chi connectivity index (χ1v) is 6.62. The molecule has 0 saturated carbocycles. The van der Waals surface area contributed by atoms with Gasteiger partial charge in [-0.25, -0.2) is 4.79 Å². The van der Waals surface area contributed by atoms with Crippen molar-refractivity contribution >= 4 is 5.97 Å². The van der Waals surface area contributed by atoms with Crippen molar-refractivity contribution in [3.63, 3.8) is 0 Å². The maximum Gasteiger partial charge on any atom is 0.335 e. The summed E-state index contributed by atoms with van der Waals surface area (Å²) in [5, 5.41) is 13.1. The van der Waals surface area contributed by atoms with Gasteiger partial charge in [0.2, 0.25) is 0 Å². The zero-order valence-corrected chi connectivity index (χ0v) is 11.8. The standard InChI is InChI=1S/C17H13NO4/c1-21-14-7-5-11(6-8-14)15-10-16(22-18-15)12-3-2-4-13(9-12)17(19)20/h2-10H,1H3,(H,19,20). The maximum absolute atomic E-state index is 11.0. The summed E-state index contributed by atoms with van der Waals surface area (Å²) in [7, 11) is 1.61. The number of hydrogen-bond acceptors (Lipinski definition) is 4. The van der Waals surface area contributed by atoms with E-state index in [1.54, 1.807) is 31.4 Å². The molecular weight excluding hydrogens is 282 g/mol. The number of hydrogen-bond donors (Lipinski definition) is 1. The van der Waals surface area contributed by atoms with Crippen LogP contribution in [0.15, 0.2) is 59.1 Å². The van der Waals surface area contributed by atoms with Gasteiger partial charge in [0, 0.05) is 17.2 Å². The van der Waals surface area contributed by atoms with Gasteiger partial charge >= 0.3 is 5.97 Å². The van der Waals surface area contributed by atoms with Gasteiger partial charge in [0.25, 0.3) is 0 Å². The van der Waals surface area contributed by atoms with E-state index in [2.05, 4.69) is 5.16 Å². The van der Waals surface area contributed by atoms with E-state index < -0.39 is 5.97 Å². The Morgan fingerprint density at radius 2 is 1.86 bits per heavy atom. The third-order valence-corrected chi connectivity index (χ3v) is 3.29. The van der Waals surface area contributed by atoms with Crippen LogP contribution in [0.1, 0.15) is 10.4 Å². The Balaban J connectivity index is 1.93. The van der Waals surface area contributed by atoms with Crippen LogP contribution in [0.3, 0.4) is 0 Å². The van der Waals surface area contributed by atoms with Crippen molar-refractivity contribution in [1.29, 1.82) is 0 Å². The lowest BCUT2D eigenvalue weighted by Gasteiger charge is -1.99. The fourth-order valence-electron chi connectivity index (χ4n) is 2.11. The first-order chi connectivity index (χ1) is 10.7. The van der Waals surface area contributed by atoms with Gasteiger partial charge in [0.05, 0.1) is 12.7 Å². The molecule has 0 atom stereocenters. The summed E-state index contributed by atoms with van der Waals surface area (Å²) in [5.74, 6) is 0.312. The Bertz CT molecular complexity index is 806. The molecule has 0 radical (unpaired) electrons. The molecule has 0 aliphatic carbocycles. The molecule has 0 aliphatic rings. The molecule has 0 bridgehead atoms. The van der Waals surface area contributed by atoms with Crippen LogP contribution in [0.2, 0.25) is 0 Å². The van der Waals surface area contributed by atoms with E-state index in [0.717, 1.165) is 11.3 Å². The highest BCUT2D eigenvalue weighted by molar-refractivity contribution is 5.89. The molecule has 5 nitrogen and oxygen atoms in total. The number of ether oxygens (including phenoxy) is 1. The molecule has 3 aromatic rings. The zero-order valence-electron chi connectivity index (χ0n) is 11.8. The third-order valence-electron chi connectivity index (χ3n) is 3.29. The molecule has 0 aliphatic heterocycles. The Morgan fingerprint density at radius 3 is 2.55 bits per heavy atom. The molecular formula is C17H13NO4. The molecule has 110 valence electrons. The topological polar surface area (TPSA) is 72.6 Å². The van der Waals surface area contributed by atoms with E-state index in [1.165, 1.54) is 6.07 Å². The molecule has 0 amide bonds. The van der Waals surface area contributed by atoms with Crippen molar-refractivity contribution in [2.45, 2.75) is 0 Å². The smallest absolute Gasteiger partial charge is 0.335 e. The summed E-state index contributed by atoms with van der Waals surface area (Å²) in [6.45, 7) is 0. The second-order valence-electron chi connectivity index (χ2n) is 4.69. The molecule has 1 aromatic heterocycles. The first kappa shape index (κ1) is 13.9. The van der Waals surface area contributed by atoms with Crippen molar-refractivity contribution in [3.8, 4) is 28.3 Å². The predicted octanol–water partition coefficient (Wildman–Crippen LogP) is 3.72. The van der Waals surface area contributed by atoms with Gasteiger partial charge in [-0.2, -0.15) is 0 Å². The van der Waals surface area contributed by atoms with Crippen LogP contribution in [-0.2, 0) is 0 Å². The van der Waals surface area contributed by atoms with Gasteiger partial charge in [-0.1, -0.05) is 17.3 Å². The normalized spacial score (nSPS) is 10.4. The van der Waals surface area contributed by atoms with Gasteiger partial charge in [0.15, 0.2) is 5.76 Å². The van der Waals surface area contributed by atoms with E-state index in [-0.39, 0.29) is 5.56 Å². The molecule has 5 heteroatoms. The molecule has 0 fully saturated rings. The minimum Gasteiger partial charge on any atom is -0.497 e. The van der Waals surface area contributed by atoms with Gasteiger partial charge in [-0.3, -0.25) is 0 Å². The van der Waals surface area contributed by atoms with Gasteiger partial charge in [0.1, 0.15) is 11.4 Å². The summed E-state index contributed by atoms with van der Waals surface area (Å²) >= 11 is 0. The number of methoxy groups -OCH3 is 1. The summed E-state index contributed by atoms with van der Waals surface area (Å²) in [6.07, 6.45) is 0. The second-order valence-corrected chi connectivity index (χ2v) is 4.69. The van der Waals surface area contributed by atoms with E-state index in [0.29, 0.717) is 17.0 Å². The van der Waals surface area contributed by atoms with E-state index in [9.17, 15) is 4.79 Å². The summed E-state index contributed by atoms with van der Waals surface area (Å²) in [5.41, 5.74) is 2.45. The SMILES string of the molecule is COc1ccc(-c2cc(-c3cccc(C(=O)O)c3)on2)cc1. The van der Waals surface area contributed by atoms with Gasteiger partial charge in [-0.15, -0.1) is 0 Å². The van der Waals surface area contributed by atoms with Crippen LogP contribution in [-0.4, -0.2) is 23.3 Å². The maximum atomic E-state index is 11.0. The Kier molecular flexibility index (Phi) is 3.62. The molecule has 3 rings (SSSR count). The van der Waals surface area contributed by atoms with Crippen LogP contribution in [0.25, 0.3) is 22.6 Å². The lowest BCUT2D eigenvalue weighted by Crippen LogP contribution is -1.95. The second kappa shape index (κ2) is 5.73. The van der Waals surface area contributed by atoms with Crippen LogP contribution in [0.4, 0.5) is 0 Å². The third kappa shape index (κ3) is 2.69. The Labute approximate surface area is 126 Å². The molecule has 0 spiro atoms. The highest BCUT2D eigenvalue weighted by atomic mass is 16.5. The number of nitrogens with zero attached hydrogens (tertiary/aromatic N) is 1. The average Bonchev–Trinajstić information content (AvgIpc) is 3.05. The van der Waals surface area contributed by atoms with Crippen molar-refractivity contribution in [1.82, 2.24) is 5.16 Å². The summed E-state index contributed by atoms with van der Waals surface area (Å²) in [4.78, 5) is 11.0. The van der Waals surface area contributed by atoms with Crippen LogP contribution < -0.4 is 4.74 Å². The Morgan fingerprint density at radius 1 is 1.09 bits per heavy atom. The molecule has 1 heterocycles. The fraction of sp³-hybridized carbons (Fsp3) is 0.0588. The molecule has 0 saturated heterocycles. The van der Waals surface area contributed by atoms with Crippen molar-refractivity contribution in [3.05, 3.63) is 60.2 Å². The predicted molar refractivity (Wildman–Crippen MR) is 80.9 cm³/mol. The largest absolute Gasteiger partial charge is 0.497 e. The number of aromatic nitrogens is 1. The number of carboxylic acid groups (broad SMARTS) is 1. The highest BCUT2D eigenvalue weighted by Crippen LogP contribution is 2.27. The van der Waals surface area contributed by atoms with E-state index in [4.69, 9.17) is 14.4 Å². The van der Waals surface area contributed by atoms with E-state index in [1.807, 2.05) is 24.3 Å². The molecule has 2 aromatic carbocycles. The monoisotopic (exact) mass is 295 g/mol. The van der Waals surface area contributed by atoms with Crippen LogP contribution in [0, 0.1) is 0 Å². The molecule has 0 unspecified atom stereocenters. The van der Waals surface area contributed by atoms with Crippen molar-refractivity contribution in [2.24, 2.45) is 0 Å². The number of carbonyl (C=O) groups is 1. The molecule has 22 heavy (non-hydrogen) atoms. The minimum absolute atomic E-state index is 0.208. The van der Waals surface area contributed by atoms with Gasteiger partial charge < -0.3 is 14.4 Å². The fourth-order valence-corrected chi connectivity index (χ4v) is 2.11. The number of carboxylic acids is 1. The first-order valence-electron chi connectivity index (χ1n) is 6.62. The van der Waals surface area contributed by atoms with Crippen LogP contribution >= 0.6 is 0 Å². The van der Waals surface area contributed by atoms with Crippen LogP contribution in [0.5, 0.6) is 5.75 Å². The van der Waals surface area contributed by atoms with Crippen molar-refractivity contribution < 1.29 is 19.2 Å². The Hall–Kier alpha value is -3.08. The summed E-state index contributed by atoms with van der Waals surface area (Å²) in [6, 6.07) is 15.8. The number of rotatable bonds is 4. The summed E-state index contributed by atoms with van der Waals surface area (Å²) < 4.78 is 10.4. The lowest BCUT2D eigenvalue weighted by atomic mass is 10.1. The lowest BCUT2D eigenvalue weighted by molar-refractivity contribution is 0.0697. The average molecular weight is 295 g/mol. The highest BCUT2D eigenvalue weighted by Gasteiger charge is 2.11. The van der Waals surface area contributed by atoms with Gasteiger partial charge in [-0.05, 0) is 36.4 Å². The zero-order chi connectivity index (χ0) is 15.5. The van der Waals surface area contributed by atoms with E-state index >= 15 is 0 Å².